The summed E-state index contributed by atoms with van der Waals surface area (Å²) >= 11 is 0. The molecule has 0 aromatic heterocycles. The van der Waals surface area contributed by atoms with Gasteiger partial charge in [0.25, 0.3) is 0 Å². The first-order valence-corrected chi connectivity index (χ1v) is 9.22. The second-order valence-electron chi connectivity index (χ2n) is 6.81. The van der Waals surface area contributed by atoms with Gasteiger partial charge in [-0.25, -0.2) is 4.39 Å². The quantitative estimate of drug-likeness (QED) is 0.813. The zero-order chi connectivity index (χ0) is 19.2. The van der Waals surface area contributed by atoms with Crippen molar-refractivity contribution in [2.75, 3.05) is 24.6 Å². The maximum atomic E-state index is 13.6. The molecule has 1 fully saturated rings. The third kappa shape index (κ3) is 5.17. The van der Waals surface area contributed by atoms with Gasteiger partial charge in [-0.3, -0.25) is 4.79 Å². The van der Waals surface area contributed by atoms with E-state index in [-0.39, 0.29) is 23.9 Å². The van der Waals surface area contributed by atoms with Gasteiger partial charge < -0.3 is 15.0 Å². The minimum atomic E-state index is -0.345. The molecule has 2 aromatic carbocycles. The van der Waals surface area contributed by atoms with Crippen LogP contribution in [0.15, 0.2) is 54.6 Å². The van der Waals surface area contributed by atoms with E-state index in [1.54, 1.807) is 18.2 Å². The number of nitrogens with zero attached hydrogens (tertiary/aromatic N) is 1. The van der Waals surface area contributed by atoms with E-state index in [4.69, 9.17) is 4.74 Å². The van der Waals surface area contributed by atoms with E-state index < -0.39 is 0 Å². The summed E-state index contributed by atoms with van der Waals surface area (Å²) in [4.78, 5) is 14.5. The maximum absolute atomic E-state index is 13.6. The van der Waals surface area contributed by atoms with E-state index in [2.05, 4.69) is 29.3 Å². The molecular formula is C22H25FN2O2. The van der Waals surface area contributed by atoms with Crippen molar-refractivity contribution < 1.29 is 13.9 Å². The van der Waals surface area contributed by atoms with E-state index >= 15 is 0 Å². The molecule has 1 amide bonds. The van der Waals surface area contributed by atoms with Crippen LogP contribution in [0, 0.1) is 5.82 Å². The van der Waals surface area contributed by atoms with Crippen molar-refractivity contribution >= 4 is 17.7 Å². The topological polar surface area (TPSA) is 41.6 Å². The van der Waals surface area contributed by atoms with E-state index in [0.29, 0.717) is 5.56 Å². The molecule has 2 aromatic rings. The summed E-state index contributed by atoms with van der Waals surface area (Å²) in [5.74, 6) is -0.599. The predicted molar refractivity (Wildman–Crippen MR) is 106 cm³/mol. The molecule has 1 unspecified atom stereocenters. The Balaban J connectivity index is 1.63. The van der Waals surface area contributed by atoms with E-state index in [1.807, 2.05) is 19.1 Å². The van der Waals surface area contributed by atoms with Crippen LogP contribution in [0.5, 0.6) is 0 Å². The number of amides is 1. The number of halogens is 1. The highest BCUT2D eigenvalue weighted by Gasteiger charge is 2.18. The Morgan fingerprint density at radius 2 is 2.11 bits per heavy atom. The van der Waals surface area contributed by atoms with Crippen LogP contribution < -0.4 is 10.2 Å². The van der Waals surface area contributed by atoms with Crippen molar-refractivity contribution in [3.8, 4) is 0 Å². The molecule has 1 N–H and O–H groups in total. The van der Waals surface area contributed by atoms with Crippen LogP contribution in [0.4, 0.5) is 10.1 Å². The minimum absolute atomic E-state index is 0.152. The van der Waals surface area contributed by atoms with Crippen LogP contribution in [-0.4, -0.2) is 31.7 Å². The lowest BCUT2D eigenvalue weighted by atomic mass is 10.1. The van der Waals surface area contributed by atoms with E-state index in [0.717, 1.165) is 30.9 Å². The summed E-state index contributed by atoms with van der Waals surface area (Å²) in [6.07, 6.45) is 3.06. The Labute approximate surface area is 159 Å². The SMILES string of the molecule is CC1CN(c2cccc([C@H](C)NC(=O)/C=C/c3ccccc3F)c2)CCO1. The van der Waals surface area contributed by atoms with Gasteiger partial charge in [-0.1, -0.05) is 30.3 Å². The number of ether oxygens (including phenoxy) is 1. The molecule has 5 heteroatoms. The molecule has 0 spiro atoms. The standard InChI is InChI=1S/C22H25FN2O2/c1-16-15-25(12-13-27-16)20-8-5-7-19(14-20)17(2)24-22(26)11-10-18-6-3-4-9-21(18)23/h3-11,14,16-17H,12-13,15H2,1-2H3,(H,24,26)/b11-10+/t16?,17-/m0/s1. The first-order chi connectivity index (χ1) is 13.0. The van der Waals surface area contributed by atoms with Crippen molar-refractivity contribution in [1.29, 1.82) is 0 Å². The zero-order valence-corrected chi connectivity index (χ0v) is 15.7. The average molecular weight is 368 g/mol. The summed E-state index contributed by atoms with van der Waals surface area (Å²) in [6.45, 7) is 6.45. The van der Waals surface area contributed by atoms with Crippen molar-refractivity contribution in [2.24, 2.45) is 0 Å². The lowest BCUT2D eigenvalue weighted by Gasteiger charge is -2.33. The number of nitrogens with one attached hydrogen (secondary N) is 1. The van der Waals surface area contributed by atoms with Crippen LogP contribution in [-0.2, 0) is 9.53 Å². The number of hydrogen-bond donors (Lipinski definition) is 1. The molecule has 1 heterocycles. The van der Waals surface area contributed by atoms with Crippen molar-refractivity contribution in [3.63, 3.8) is 0 Å². The van der Waals surface area contributed by atoms with E-state index in [9.17, 15) is 9.18 Å². The van der Waals surface area contributed by atoms with Gasteiger partial charge >= 0.3 is 0 Å². The highest BCUT2D eigenvalue weighted by Crippen LogP contribution is 2.22. The molecule has 0 radical (unpaired) electrons. The van der Waals surface area contributed by atoms with Crippen LogP contribution in [0.25, 0.3) is 6.08 Å². The third-order valence-electron chi connectivity index (χ3n) is 4.65. The highest BCUT2D eigenvalue weighted by atomic mass is 19.1. The highest BCUT2D eigenvalue weighted by molar-refractivity contribution is 5.92. The molecule has 0 aliphatic carbocycles. The van der Waals surface area contributed by atoms with Gasteiger partial charge in [0.1, 0.15) is 5.82 Å². The zero-order valence-electron chi connectivity index (χ0n) is 15.7. The first kappa shape index (κ1) is 19.1. The second-order valence-corrected chi connectivity index (χ2v) is 6.81. The molecular weight excluding hydrogens is 343 g/mol. The molecule has 1 aliphatic heterocycles. The van der Waals surface area contributed by atoms with Crippen molar-refractivity contribution in [3.05, 3.63) is 71.6 Å². The Hall–Kier alpha value is -2.66. The number of carbonyl (C=O) groups excluding carboxylic acids is 1. The van der Waals surface area contributed by atoms with Crippen LogP contribution >= 0.6 is 0 Å². The van der Waals surface area contributed by atoms with Gasteiger partial charge in [-0.15, -0.1) is 0 Å². The number of hydrogen-bond acceptors (Lipinski definition) is 3. The minimum Gasteiger partial charge on any atom is -0.375 e. The van der Waals surface area contributed by atoms with Gasteiger partial charge in [0, 0.05) is 30.4 Å². The Morgan fingerprint density at radius 3 is 2.89 bits per heavy atom. The summed E-state index contributed by atoms with van der Waals surface area (Å²) in [5, 5.41) is 2.93. The molecule has 1 aliphatic rings. The molecule has 2 atom stereocenters. The Kier molecular flexibility index (Phi) is 6.24. The molecule has 0 saturated carbocycles. The van der Waals surface area contributed by atoms with E-state index in [1.165, 1.54) is 18.2 Å². The fourth-order valence-corrected chi connectivity index (χ4v) is 3.16. The fraction of sp³-hybridized carbons (Fsp3) is 0.318. The van der Waals surface area contributed by atoms with Gasteiger partial charge in [-0.05, 0) is 43.7 Å². The maximum Gasteiger partial charge on any atom is 0.244 e. The fourth-order valence-electron chi connectivity index (χ4n) is 3.16. The summed E-state index contributed by atoms with van der Waals surface area (Å²) < 4.78 is 19.2. The van der Waals surface area contributed by atoms with Crippen molar-refractivity contribution in [2.45, 2.75) is 26.0 Å². The second kappa shape index (κ2) is 8.82. The number of anilines is 1. The number of carbonyl (C=O) groups is 1. The largest absolute Gasteiger partial charge is 0.375 e. The summed E-state index contributed by atoms with van der Waals surface area (Å²) in [6, 6.07) is 14.4. The number of morpholine rings is 1. The number of benzene rings is 2. The molecule has 27 heavy (non-hydrogen) atoms. The van der Waals surface area contributed by atoms with Gasteiger partial charge in [-0.2, -0.15) is 0 Å². The van der Waals surface area contributed by atoms with Crippen LogP contribution in [0.2, 0.25) is 0 Å². The molecule has 142 valence electrons. The summed E-state index contributed by atoms with van der Waals surface area (Å²) in [5.41, 5.74) is 2.55. The molecule has 1 saturated heterocycles. The van der Waals surface area contributed by atoms with Crippen molar-refractivity contribution in [1.82, 2.24) is 5.32 Å². The normalized spacial score (nSPS) is 18.5. The Morgan fingerprint density at radius 1 is 1.30 bits per heavy atom. The third-order valence-corrected chi connectivity index (χ3v) is 4.65. The van der Waals surface area contributed by atoms with Gasteiger partial charge in [0.05, 0.1) is 18.8 Å². The lowest BCUT2D eigenvalue weighted by molar-refractivity contribution is -0.117. The molecule has 0 bridgehead atoms. The summed E-state index contributed by atoms with van der Waals surface area (Å²) in [7, 11) is 0. The monoisotopic (exact) mass is 368 g/mol. The van der Waals surface area contributed by atoms with Crippen LogP contribution in [0.1, 0.15) is 31.0 Å². The first-order valence-electron chi connectivity index (χ1n) is 9.22. The average Bonchev–Trinajstić information content (AvgIpc) is 2.67. The van der Waals surface area contributed by atoms with Crippen LogP contribution in [0.3, 0.4) is 0 Å². The molecule has 3 rings (SSSR count). The Bertz CT molecular complexity index is 821. The predicted octanol–water partition coefficient (Wildman–Crippen LogP) is 3.94. The van der Waals surface area contributed by atoms with Gasteiger partial charge in [0.15, 0.2) is 0 Å². The smallest absolute Gasteiger partial charge is 0.244 e. The van der Waals surface area contributed by atoms with Gasteiger partial charge in [0.2, 0.25) is 5.91 Å². The number of rotatable bonds is 5. The molecule has 4 nitrogen and oxygen atoms in total. The lowest BCUT2D eigenvalue weighted by Crippen LogP contribution is -2.41.